The molecule has 2 bridgehead atoms. The van der Waals surface area contributed by atoms with Crippen LogP contribution in [0.3, 0.4) is 0 Å². The van der Waals surface area contributed by atoms with Gasteiger partial charge in [0.15, 0.2) is 11.4 Å². The number of halogens is 2. The Morgan fingerprint density at radius 3 is 2.55 bits per heavy atom. The van der Waals surface area contributed by atoms with Gasteiger partial charge in [-0.1, -0.05) is 36.4 Å². The number of pyridine rings is 1. The lowest BCUT2D eigenvalue weighted by atomic mass is 9.71. The Hall–Kier alpha value is -4.01. The second-order valence-corrected chi connectivity index (χ2v) is 10.3. The second-order valence-electron chi connectivity index (χ2n) is 10.3. The number of hydrogen-bond acceptors (Lipinski definition) is 4. The van der Waals surface area contributed by atoms with Crippen molar-refractivity contribution in [3.63, 3.8) is 0 Å². The van der Waals surface area contributed by atoms with Crippen LogP contribution in [0.5, 0.6) is 5.75 Å². The van der Waals surface area contributed by atoms with Crippen molar-refractivity contribution in [3.8, 4) is 5.75 Å². The van der Waals surface area contributed by atoms with Crippen LogP contribution in [0.25, 0.3) is 0 Å². The van der Waals surface area contributed by atoms with E-state index in [0.717, 1.165) is 37.0 Å². The van der Waals surface area contributed by atoms with E-state index in [0.29, 0.717) is 24.9 Å². The summed E-state index contributed by atoms with van der Waals surface area (Å²) in [6.07, 6.45) is 4.49. The molecule has 1 aliphatic carbocycles. The summed E-state index contributed by atoms with van der Waals surface area (Å²) in [7, 11) is 0. The number of carbonyl (C=O) groups excluding carboxylic acids is 2. The zero-order valence-electron chi connectivity index (χ0n) is 20.7. The minimum atomic E-state index is -0.793. The number of carbonyl (C=O) groups is 2. The Morgan fingerprint density at radius 2 is 1.82 bits per heavy atom. The number of hydrogen-bond donors (Lipinski definition) is 1. The molecule has 1 aromatic heterocycles. The molecule has 1 saturated carbocycles. The third-order valence-electron chi connectivity index (χ3n) is 8.04. The minimum absolute atomic E-state index is 0.0537. The summed E-state index contributed by atoms with van der Waals surface area (Å²) in [6, 6.07) is 12.3. The van der Waals surface area contributed by atoms with Crippen molar-refractivity contribution in [2.45, 2.75) is 38.5 Å². The molecule has 1 saturated heterocycles. The summed E-state index contributed by atoms with van der Waals surface area (Å²) in [5, 5.41) is 2.56. The predicted octanol–water partition coefficient (Wildman–Crippen LogP) is 4.06. The van der Waals surface area contributed by atoms with Crippen molar-refractivity contribution in [2.75, 3.05) is 13.1 Å². The quantitative estimate of drug-likeness (QED) is 0.533. The number of nitrogens with zero attached hydrogens (tertiary/aromatic N) is 2. The van der Waals surface area contributed by atoms with Crippen LogP contribution >= 0.6 is 0 Å². The fraction of sp³-hybridized carbons (Fsp3) is 0.345. The number of ether oxygens (including phenoxy) is 1. The van der Waals surface area contributed by atoms with E-state index in [2.05, 4.69) is 5.32 Å². The predicted molar refractivity (Wildman–Crippen MR) is 135 cm³/mol. The van der Waals surface area contributed by atoms with E-state index in [1.807, 2.05) is 35.2 Å². The van der Waals surface area contributed by atoms with Crippen LogP contribution < -0.4 is 15.5 Å². The lowest BCUT2D eigenvalue weighted by molar-refractivity contribution is 0.0629. The van der Waals surface area contributed by atoms with Gasteiger partial charge in [-0.25, -0.2) is 8.78 Å². The fourth-order valence-electron chi connectivity index (χ4n) is 5.81. The molecule has 0 spiro atoms. The first-order valence-electron chi connectivity index (χ1n) is 12.9. The first-order chi connectivity index (χ1) is 18.4. The maximum atomic E-state index is 14.1. The molecule has 9 heteroatoms. The van der Waals surface area contributed by atoms with Gasteiger partial charge < -0.3 is 19.5 Å². The zero-order valence-corrected chi connectivity index (χ0v) is 20.7. The summed E-state index contributed by atoms with van der Waals surface area (Å²) in [4.78, 5) is 42.3. The van der Waals surface area contributed by atoms with Gasteiger partial charge in [0.2, 0.25) is 5.43 Å². The normalized spacial score (nSPS) is 21.6. The average molecular weight is 520 g/mol. The number of fused-ring (bicyclic) bond motifs is 5. The van der Waals surface area contributed by atoms with Gasteiger partial charge in [-0.15, -0.1) is 0 Å². The largest absolute Gasteiger partial charge is 0.483 e. The van der Waals surface area contributed by atoms with E-state index in [1.165, 1.54) is 12.3 Å². The molecule has 6 rings (SSSR count). The molecule has 196 valence electrons. The third-order valence-corrected chi connectivity index (χ3v) is 8.04. The van der Waals surface area contributed by atoms with Gasteiger partial charge >= 0.3 is 0 Å². The Bertz CT molecular complexity index is 1470. The molecule has 3 aliphatic rings. The van der Waals surface area contributed by atoms with Crippen molar-refractivity contribution in [3.05, 3.63) is 99.0 Å². The molecule has 7 nitrogen and oxygen atoms in total. The lowest BCUT2D eigenvalue weighted by Crippen LogP contribution is -2.45. The Labute approximate surface area is 218 Å². The Morgan fingerprint density at radius 1 is 1.03 bits per heavy atom. The molecule has 3 aromatic rings. The van der Waals surface area contributed by atoms with Gasteiger partial charge in [-0.3, -0.25) is 14.4 Å². The maximum absolute atomic E-state index is 14.1. The number of nitrogens with one attached hydrogen (secondary N) is 1. The first kappa shape index (κ1) is 24.3. The minimum Gasteiger partial charge on any atom is -0.483 e. The van der Waals surface area contributed by atoms with Gasteiger partial charge in [0.1, 0.15) is 23.8 Å². The van der Waals surface area contributed by atoms with E-state index in [-0.39, 0.29) is 47.7 Å². The molecule has 38 heavy (non-hydrogen) atoms. The second kappa shape index (κ2) is 9.70. The van der Waals surface area contributed by atoms with Crippen molar-refractivity contribution < 1.29 is 23.1 Å². The zero-order chi connectivity index (χ0) is 26.4. The summed E-state index contributed by atoms with van der Waals surface area (Å²) in [5.74, 6) is -1.70. The molecule has 3 atom stereocenters. The number of benzene rings is 2. The molecular formula is C29H27F2N3O4. The maximum Gasteiger partial charge on any atom is 0.274 e. The molecule has 0 radical (unpaired) electrons. The Kier molecular flexibility index (Phi) is 6.21. The highest BCUT2D eigenvalue weighted by molar-refractivity contribution is 5.99. The van der Waals surface area contributed by atoms with E-state index in [9.17, 15) is 23.2 Å². The SMILES string of the molecule is O=C(NCc1ccc(F)cc1F)c1cn2c(c(OCc3ccccc3)c1=O)C(=O)N1C[C@@H]3CC[C@@H]3C[C@H]2C1. The standard InChI is InChI=1S/C29H27F2N3O4/c30-21-9-8-19(24(31)11-21)12-32-28(36)23-15-34-22-10-18-6-7-20(18)13-33(14-22)29(37)25(34)27(26(23)35)38-16-17-4-2-1-3-5-17/h1-5,8-9,11,15,18,20,22H,6-7,10,12-14,16H2,(H,32,36)/t18-,20+,22+/m1/s1. The molecule has 2 fully saturated rings. The van der Waals surface area contributed by atoms with Crippen molar-refractivity contribution >= 4 is 11.8 Å². The topological polar surface area (TPSA) is 80.6 Å². The highest BCUT2D eigenvalue weighted by Gasteiger charge is 2.44. The lowest BCUT2D eigenvalue weighted by Gasteiger charge is -2.36. The average Bonchev–Trinajstić information content (AvgIpc) is 3.01. The van der Waals surface area contributed by atoms with Crippen LogP contribution in [0, 0.1) is 23.5 Å². The Balaban J connectivity index is 1.37. The third kappa shape index (κ3) is 4.36. The van der Waals surface area contributed by atoms with Crippen molar-refractivity contribution in [2.24, 2.45) is 11.8 Å². The summed E-state index contributed by atoms with van der Waals surface area (Å²) in [6.45, 7) is 1.00. The molecular weight excluding hydrogens is 492 g/mol. The fourth-order valence-corrected chi connectivity index (χ4v) is 5.81. The monoisotopic (exact) mass is 519 g/mol. The van der Waals surface area contributed by atoms with Gasteiger partial charge in [0.25, 0.3) is 11.8 Å². The molecule has 1 N–H and O–H groups in total. The van der Waals surface area contributed by atoms with Crippen LogP contribution in [0.15, 0.2) is 59.5 Å². The van der Waals surface area contributed by atoms with E-state index in [4.69, 9.17) is 4.74 Å². The summed E-state index contributed by atoms with van der Waals surface area (Å²) in [5.41, 5.74) is 0.190. The number of rotatable bonds is 6. The van der Waals surface area contributed by atoms with Gasteiger partial charge in [-0.05, 0) is 42.7 Å². The molecule has 2 aromatic carbocycles. The van der Waals surface area contributed by atoms with E-state index in [1.54, 1.807) is 4.57 Å². The van der Waals surface area contributed by atoms with Gasteiger partial charge in [0, 0.05) is 37.5 Å². The smallest absolute Gasteiger partial charge is 0.274 e. The molecule has 2 amide bonds. The van der Waals surface area contributed by atoms with Crippen LogP contribution in [0.4, 0.5) is 8.78 Å². The van der Waals surface area contributed by atoms with Crippen LogP contribution in [-0.4, -0.2) is 34.4 Å². The molecule has 3 heterocycles. The van der Waals surface area contributed by atoms with Crippen LogP contribution in [0.2, 0.25) is 0 Å². The van der Waals surface area contributed by atoms with E-state index < -0.39 is 23.0 Å². The van der Waals surface area contributed by atoms with Crippen LogP contribution in [-0.2, 0) is 13.2 Å². The van der Waals surface area contributed by atoms with Gasteiger partial charge in [-0.2, -0.15) is 0 Å². The number of amides is 2. The van der Waals surface area contributed by atoms with E-state index >= 15 is 0 Å². The molecule has 0 unspecified atom stereocenters. The molecule has 2 aliphatic heterocycles. The number of aromatic nitrogens is 1. The summed E-state index contributed by atoms with van der Waals surface area (Å²) >= 11 is 0. The van der Waals surface area contributed by atoms with Crippen LogP contribution in [0.1, 0.15) is 57.3 Å². The van der Waals surface area contributed by atoms with Crippen molar-refractivity contribution in [1.29, 1.82) is 0 Å². The van der Waals surface area contributed by atoms with Gasteiger partial charge in [0.05, 0.1) is 6.04 Å². The first-order valence-corrected chi connectivity index (χ1v) is 12.9. The highest BCUT2D eigenvalue weighted by atomic mass is 19.1. The van der Waals surface area contributed by atoms with Crippen molar-refractivity contribution in [1.82, 2.24) is 14.8 Å². The summed E-state index contributed by atoms with van der Waals surface area (Å²) < 4.78 is 35.1. The highest BCUT2D eigenvalue weighted by Crippen LogP contribution is 2.45.